The molecule has 18 heavy (non-hydrogen) atoms. The number of hydrogen-bond acceptors (Lipinski definition) is 3. The van der Waals surface area contributed by atoms with Crippen LogP contribution in [0.1, 0.15) is 25.5 Å². The SMILES string of the molecule is COCC(C)(C)N1CCNC(c2ccccc2)C1. The van der Waals surface area contributed by atoms with Crippen LogP contribution in [0.2, 0.25) is 0 Å². The van der Waals surface area contributed by atoms with E-state index in [2.05, 4.69) is 54.4 Å². The van der Waals surface area contributed by atoms with Gasteiger partial charge in [0.2, 0.25) is 0 Å². The summed E-state index contributed by atoms with van der Waals surface area (Å²) in [5, 5.41) is 3.60. The Morgan fingerprint density at radius 3 is 2.72 bits per heavy atom. The van der Waals surface area contributed by atoms with E-state index in [1.807, 2.05) is 0 Å². The number of nitrogens with one attached hydrogen (secondary N) is 1. The lowest BCUT2D eigenvalue weighted by molar-refractivity contribution is 0.0158. The second-order valence-electron chi connectivity index (χ2n) is 5.61. The Morgan fingerprint density at radius 2 is 2.06 bits per heavy atom. The van der Waals surface area contributed by atoms with Crippen LogP contribution in [-0.4, -0.2) is 43.8 Å². The van der Waals surface area contributed by atoms with Gasteiger partial charge in [-0.1, -0.05) is 30.3 Å². The predicted octanol–water partition coefficient (Wildman–Crippen LogP) is 2.06. The Labute approximate surface area is 110 Å². The molecule has 0 radical (unpaired) electrons. The Bertz CT molecular complexity index is 364. The number of ether oxygens (including phenoxy) is 1. The summed E-state index contributed by atoms with van der Waals surface area (Å²) in [4.78, 5) is 2.52. The number of benzene rings is 1. The van der Waals surface area contributed by atoms with Crippen molar-refractivity contribution in [3.05, 3.63) is 35.9 Å². The molecule has 1 unspecified atom stereocenters. The van der Waals surface area contributed by atoms with Gasteiger partial charge in [-0.3, -0.25) is 4.90 Å². The Hall–Kier alpha value is -0.900. The molecule has 1 aromatic carbocycles. The topological polar surface area (TPSA) is 24.5 Å². The summed E-state index contributed by atoms with van der Waals surface area (Å²) in [6.07, 6.45) is 0. The van der Waals surface area contributed by atoms with Gasteiger partial charge < -0.3 is 10.1 Å². The van der Waals surface area contributed by atoms with Crippen molar-refractivity contribution in [1.82, 2.24) is 10.2 Å². The summed E-state index contributed by atoms with van der Waals surface area (Å²) in [5.41, 5.74) is 1.47. The molecule has 3 nitrogen and oxygen atoms in total. The smallest absolute Gasteiger partial charge is 0.0641 e. The van der Waals surface area contributed by atoms with E-state index in [4.69, 9.17) is 4.74 Å². The van der Waals surface area contributed by atoms with Gasteiger partial charge in [-0.2, -0.15) is 0 Å². The molecule has 1 atom stereocenters. The van der Waals surface area contributed by atoms with Crippen LogP contribution in [0.25, 0.3) is 0 Å². The first-order valence-electron chi connectivity index (χ1n) is 6.66. The second-order valence-corrected chi connectivity index (χ2v) is 5.61. The minimum atomic E-state index is 0.101. The first-order chi connectivity index (χ1) is 8.63. The predicted molar refractivity (Wildman–Crippen MR) is 74.7 cm³/mol. The molecule has 0 spiro atoms. The molecule has 1 aliphatic heterocycles. The van der Waals surface area contributed by atoms with Gasteiger partial charge in [0.15, 0.2) is 0 Å². The molecule has 1 saturated heterocycles. The second kappa shape index (κ2) is 5.83. The molecular weight excluding hydrogens is 224 g/mol. The first kappa shape index (κ1) is 13.5. The molecule has 2 rings (SSSR count). The molecule has 0 bridgehead atoms. The van der Waals surface area contributed by atoms with Gasteiger partial charge in [0.1, 0.15) is 0 Å². The molecule has 0 saturated carbocycles. The van der Waals surface area contributed by atoms with E-state index in [-0.39, 0.29) is 5.54 Å². The molecule has 100 valence electrons. The van der Waals surface area contributed by atoms with Gasteiger partial charge in [-0.15, -0.1) is 0 Å². The van der Waals surface area contributed by atoms with Gasteiger partial charge in [-0.25, -0.2) is 0 Å². The number of piperazine rings is 1. The van der Waals surface area contributed by atoms with E-state index in [0.717, 1.165) is 26.2 Å². The largest absolute Gasteiger partial charge is 0.383 e. The lowest BCUT2D eigenvalue weighted by Crippen LogP contribution is -2.56. The van der Waals surface area contributed by atoms with Gasteiger partial charge in [-0.05, 0) is 19.4 Å². The molecule has 0 aromatic heterocycles. The number of nitrogens with zero attached hydrogens (tertiary/aromatic N) is 1. The summed E-state index contributed by atoms with van der Waals surface area (Å²) in [6, 6.07) is 11.1. The van der Waals surface area contributed by atoms with Gasteiger partial charge >= 0.3 is 0 Å². The van der Waals surface area contributed by atoms with Crippen molar-refractivity contribution in [3.8, 4) is 0 Å². The molecule has 1 heterocycles. The van der Waals surface area contributed by atoms with Gasteiger partial charge in [0, 0.05) is 38.3 Å². The van der Waals surface area contributed by atoms with Crippen LogP contribution in [0, 0.1) is 0 Å². The fourth-order valence-electron chi connectivity index (χ4n) is 2.65. The van der Waals surface area contributed by atoms with Crippen LogP contribution in [0.15, 0.2) is 30.3 Å². The summed E-state index contributed by atoms with van der Waals surface area (Å²) >= 11 is 0. The maximum atomic E-state index is 5.34. The van der Waals surface area contributed by atoms with Crippen molar-refractivity contribution in [2.75, 3.05) is 33.4 Å². The van der Waals surface area contributed by atoms with Crippen LogP contribution in [0.4, 0.5) is 0 Å². The highest BCUT2D eigenvalue weighted by Crippen LogP contribution is 2.23. The van der Waals surface area contributed by atoms with Crippen molar-refractivity contribution in [2.24, 2.45) is 0 Å². The minimum Gasteiger partial charge on any atom is -0.383 e. The summed E-state index contributed by atoms with van der Waals surface area (Å²) in [7, 11) is 1.78. The van der Waals surface area contributed by atoms with E-state index < -0.39 is 0 Å². The van der Waals surface area contributed by atoms with Gasteiger partial charge in [0.05, 0.1) is 6.61 Å². The maximum absolute atomic E-state index is 5.34. The van der Waals surface area contributed by atoms with Gasteiger partial charge in [0.25, 0.3) is 0 Å². The normalized spacial score (nSPS) is 22.1. The molecule has 1 fully saturated rings. The monoisotopic (exact) mass is 248 g/mol. The molecule has 0 aliphatic carbocycles. The summed E-state index contributed by atoms with van der Waals surface area (Å²) in [6.45, 7) is 8.44. The Kier molecular flexibility index (Phi) is 4.38. The zero-order valence-corrected chi connectivity index (χ0v) is 11.6. The fraction of sp³-hybridized carbons (Fsp3) is 0.600. The maximum Gasteiger partial charge on any atom is 0.0641 e. The zero-order valence-electron chi connectivity index (χ0n) is 11.6. The third-order valence-electron chi connectivity index (χ3n) is 3.73. The fourth-order valence-corrected chi connectivity index (χ4v) is 2.65. The van der Waals surface area contributed by atoms with Crippen LogP contribution < -0.4 is 5.32 Å². The molecule has 1 N–H and O–H groups in total. The Morgan fingerprint density at radius 1 is 1.33 bits per heavy atom. The lowest BCUT2D eigenvalue weighted by atomic mass is 9.98. The van der Waals surface area contributed by atoms with Crippen molar-refractivity contribution in [3.63, 3.8) is 0 Å². The Balaban J connectivity index is 2.05. The zero-order chi connectivity index (χ0) is 13.0. The molecule has 1 aliphatic rings. The highest BCUT2D eigenvalue weighted by Gasteiger charge is 2.31. The van der Waals surface area contributed by atoms with E-state index in [1.54, 1.807) is 7.11 Å². The van der Waals surface area contributed by atoms with E-state index in [0.29, 0.717) is 6.04 Å². The van der Waals surface area contributed by atoms with Crippen molar-refractivity contribution >= 4 is 0 Å². The quantitative estimate of drug-likeness (QED) is 0.882. The third kappa shape index (κ3) is 3.10. The van der Waals surface area contributed by atoms with Crippen LogP contribution >= 0.6 is 0 Å². The van der Waals surface area contributed by atoms with Crippen LogP contribution in [-0.2, 0) is 4.74 Å². The molecular formula is C15H24N2O. The van der Waals surface area contributed by atoms with Crippen molar-refractivity contribution < 1.29 is 4.74 Å². The van der Waals surface area contributed by atoms with E-state index in [1.165, 1.54) is 5.56 Å². The first-order valence-corrected chi connectivity index (χ1v) is 6.66. The lowest BCUT2D eigenvalue weighted by Gasteiger charge is -2.43. The van der Waals surface area contributed by atoms with Crippen LogP contribution in [0.5, 0.6) is 0 Å². The minimum absolute atomic E-state index is 0.101. The number of hydrogen-bond donors (Lipinski definition) is 1. The van der Waals surface area contributed by atoms with Crippen molar-refractivity contribution in [2.45, 2.75) is 25.4 Å². The summed E-state index contributed by atoms with van der Waals surface area (Å²) < 4.78 is 5.34. The average Bonchev–Trinajstić information content (AvgIpc) is 2.40. The molecule has 3 heteroatoms. The molecule has 1 aromatic rings. The average molecular weight is 248 g/mol. The number of methoxy groups -OCH3 is 1. The highest BCUT2D eigenvalue weighted by molar-refractivity contribution is 5.20. The molecule has 0 amide bonds. The summed E-state index contributed by atoms with van der Waals surface area (Å²) in [5.74, 6) is 0. The number of rotatable bonds is 4. The van der Waals surface area contributed by atoms with E-state index in [9.17, 15) is 0 Å². The highest BCUT2D eigenvalue weighted by atomic mass is 16.5. The van der Waals surface area contributed by atoms with Crippen LogP contribution in [0.3, 0.4) is 0 Å². The third-order valence-corrected chi connectivity index (χ3v) is 3.73. The standard InChI is InChI=1S/C15H24N2O/c1-15(2,12-18-3)17-10-9-16-14(11-17)13-7-5-4-6-8-13/h4-8,14,16H,9-12H2,1-3H3. The van der Waals surface area contributed by atoms with E-state index >= 15 is 0 Å². The van der Waals surface area contributed by atoms with Crippen molar-refractivity contribution in [1.29, 1.82) is 0 Å².